The molecular formula is C8H10FNO. The second kappa shape index (κ2) is 3.32. The lowest BCUT2D eigenvalue weighted by Crippen LogP contribution is -1.96. The van der Waals surface area contributed by atoms with E-state index in [0.717, 1.165) is 0 Å². The normalized spacial score (nSPS) is 9.73. The Morgan fingerprint density at radius 1 is 1.55 bits per heavy atom. The summed E-state index contributed by atoms with van der Waals surface area (Å²) >= 11 is 0. The summed E-state index contributed by atoms with van der Waals surface area (Å²) in [5, 5.41) is 0. The maximum atomic E-state index is 12.7. The minimum atomic E-state index is -0.462. The fourth-order valence-electron chi connectivity index (χ4n) is 0.716. The van der Waals surface area contributed by atoms with Gasteiger partial charge in [-0.3, -0.25) is 0 Å². The molecule has 0 aliphatic rings. The topological polar surface area (TPSA) is 22.1 Å². The van der Waals surface area contributed by atoms with E-state index in [1.807, 2.05) is 6.92 Å². The molecule has 60 valence electrons. The first-order valence-corrected chi connectivity index (χ1v) is 3.50. The molecule has 2 nitrogen and oxygen atoms in total. The Hall–Kier alpha value is -1.12. The number of ether oxygens (including phenoxy) is 1. The highest BCUT2D eigenvalue weighted by atomic mass is 19.1. The number of pyridine rings is 1. The fourth-order valence-corrected chi connectivity index (χ4v) is 0.716. The Labute approximate surface area is 65.0 Å². The zero-order chi connectivity index (χ0) is 8.27. The van der Waals surface area contributed by atoms with Crippen LogP contribution in [0.2, 0.25) is 0 Å². The number of aryl methyl sites for hydroxylation is 1. The first-order chi connectivity index (χ1) is 5.24. The molecule has 1 aromatic heterocycles. The van der Waals surface area contributed by atoms with E-state index in [-0.39, 0.29) is 0 Å². The van der Waals surface area contributed by atoms with Crippen LogP contribution in [0.25, 0.3) is 0 Å². The van der Waals surface area contributed by atoms with Gasteiger partial charge in [-0.25, -0.2) is 0 Å². The van der Waals surface area contributed by atoms with Gasteiger partial charge in [-0.05, 0) is 19.9 Å². The van der Waals surface area contributed by atoms with Crippen LogP contribution in [0.4, 0.5) is 4.39 Å². The zero-order valence-corrected chi connectivity index (χ0v) is 6.60. The molecule has 11 heavy (non-hydrogen) atoms. The Balaban J connectivity index is 2.86. The first kappa shape index (κ1) is 7.98. The summed E-state index contributed by atoms with van der Waals surface area (Å²) in [5.74, 6) is -0.119. The summed E-state index contributed by atoms with van der Waals surface area (Å²) < 4.78 is 17.7. The van der Waals surface area contributed by atoms with Crippen molar-refractivity contribution < 1.29 is 9.13 Å². The van der Waals surface area contributed by atoms with Crippen molar-refractivity contribution in [3.05, 3.63) is 23.6 Å². The van der Waals surface area contributed by atoms with Crippen molar-refractivity contribution in [1.82, 2.24) is 4.98 Å². The highest BCUT2D eigenvalue weighted by Gasteiger charge is 1.99. The molecule has 1 heterocycles. The van der Waals surface area contributed by atoms with Crippen LogP contribution in [0.15, 0.2) is 12.1 Å². The van der Waals surface area contributed by atoms with Crippen LogP contribution in [0, 0.1) is 12.9 Å². The Kier molecular flexibility index (Phi) is 2.41. The molecule has 1 rings (SSSR count). The Morgan fingerprint density at radius 2 is 2.27 bits per heavy atom. The van der Waals surface area contributed by atoms with Crippen molar-refractivity contribution in [1.29, 1.82) is 0 Å². The molecule has 0 saturated carbocycles. The first-order valence-electron chi connectivity index (χ1n) is 3.50. The molecule has 0 N–H and O–H groups in total. The third kappa shape index (κ3) is 1.90. The molecule has 0 fully saturated rings. The molecular weight excluding hydrogens is 145 g/mol. The van der Waals surface area contributed by atoms with Gasteiger partial charge in [-0.1, -0.05) is 0 Å². The number of aromatic nitrogens is 1. The molecule has 3 heteroatoms. The maximum Gasteiger partial charge on any atom is 0.219 e. The third-order valence-corrected chi connectivity index (χ3v) is 1.30. The van der Waals surface area contributed by atoms with Crippen molar-refractivity contribution in [2.45, 2.75) is 13.8 Å². The maximum absolute atomic E-state index is 12.7. The quantitative estimate of drug-likeness (QED) is 0.609. The van der Waals surface area contributed by atoms with Crippen LogP contribution < -0.4 is 4.74 Å². The Bertz CT molecular complexity index is 250. The van der Waals surface area contributed by atoms with Gasteiger partial charge in [0, 0.05) is 11.6 Å². The van der Waals surface area contributed by atoms with Gasteiger partial charge in [0.1, 0.15) is 0 Å². The van der Waals surface area contributed by atoms with E-state index in [9.17, 15) is 4.39 Å². The largest absolute Gasteiger partial charge is 0.478 e. The molecule has 0 aromatic carbocycles. The summed E-state index contributed by atoms with van der Waals surface area (Å²) in [6.45, 7) is 4.01. The fraction of sp³-hybridized carbons (Fsp3) is 0.375. The van der Waals surface area contributed by atoms with E-state index in [0.29, 0.717) is 18.1 Å². The molecule has 1 aromatic rings. The lowest BCUT2D eigenvalue weighted by atomic mass is 10.3. The molecule has 0 radical (unpaired) electrons. The van der Waals surface area contributed by atoms with Gasteiger partial charge in [0.15, 0.2) is 0 Å². The number of nitrogens with zero attached hydrogens (tertiary/aromatic N) is 1. The third-order valence-electron chi connectivity index (χ3n) is 1.30. The number of hydrogen-bond donors (Lipinski definition) is 0. The molecule has 0 bridgehead atoms. The standard InChI is InChI=1S/C8H10FNO/c1-3-11-7-5-4-6(2)8(9)10-7/h4-5H,3H2,1-2H3. The van der Waals surface area contributed by atoms with Crippen LogP contribution in [0.1, 0.15) is 12.5 Å². The van der Waals surface area contributed by atoms with Gasteiger partial charge >= 0.3 is 0 Å². The summed E-state index contributed by atoms with van der Waals surface area (Å²) in [4.78, 5) is 3.57. The predicted molar refractivity (Wildman–Crippen MR) is 40.1 cm³/mol. The molecule has 0 amide bonds. The van der Waals surface area contributed by atoms with E-state index in [1.165, 1.54) is 0 Å². The van der Waals surface area contributed by atoms with Gasteiger partial charge in [-0.15, -0.1) is 0 Å². The van der Waals surface area contributed by atoms with Crippen LogP contribution in [0.5, 0.6) is 5.88 Å². The van der Waals surface area contributed by atoms with Crippen molar-refractivity contribution in [2.75, 3.05) is 6.61 Å². The summed E-state index contributed by atoms with van der Waals surface area (Å²) in [5.41, 5.74) is 0.536. The van der Waals surface area contributed by atoms with E-state index in [4.69, 9.17) is 4.74 Å². The van der Waals surface area contributed by atoms with Crippen LogP contribution in [-0.2, 0) is 0 Å². The van der Waals surface area contributed by atoms with Crippen molar-refractivity contribution in [2.24, 2.45) is 0 Å². The van der Waals surface area contributed by atoms with Crippen molar-refractivity contribution >= 4 is 0 Å². The summed E-state index contributed by atoms with van der Waals surface area (Å²) in [6, 6.07) is 3.30. The van der Waals surface area contributed by atoms with Gasteiger partial charge < -0.3 is 4.74 Å². The average Bonchev–Trinajstić information content (AvgIpc) is 1.98. The highest BCUT2D eigenvalue weighted by molar-refractivity contribution is 5.17. The second-order valence-corrected chi connectivity index (χ2v) is 2.19. The molecule has 0 aliphatic heterocycles. The van der Waals surface area contributed by atoms with Crippen LogP contribution in [-0.4, -0.2) is 11.6 Å². The summed E-state index contributed by atoms with van der Waals surface area (Å²) in [7, 11) is 0. The van der Waals surface area contributed by atoms with Gasteiger partial charge in [0.25, 0.3) is 0 Å². The second-order valence-electron chi connectivity index (χ2n) is 2.19. The van der Waals surface area contributed by atoms with Crippen LogP contribution in [0.3, 0.4) is 0 Å². The lowest BCUT2D eigenvalue weighted by molar-refractivity contribution is 0.320. The van der Waals surface area contributed by atoms with Crippen molar-refractivity contribution in [3.8, 4) is 5.88 Å². The zero-order valence-electron chi connectivity index (χ0n) is 6.60. The van der Waals surface area contributed by atoms with E-state index in [1.54, 1.807) is 19.1 Å². The van der Waals surface area contributed by atoms with Gasteiger partial charge in [0.05, 0.1) is 6.61 Å². The van der Waals surface area contributed by atoms with E-state index in [2.05, 4.69) is 4.98 Å². The number of rotatable bonds is 2. The molecule has 0 spiro atoms. The summed E-state index contributed by atoms with van der Waals surface area (Å²) in [6.07, 6.45) is 0. The van der Waals surface area contributed by atoms with E-state index < -0.39 is 5.95 Å². The highest BCUT2D eigenvalue weighted by Crippen LogP contribution is 2.10. The van der Waals surface area contributed by atoms with Crippen molar-refractivity contribution in [3.63, 3.8) is 0 Å². The minimum Gasteiger partial charge on any atom is -0.478 e. The van der Waals surface area contributed by atoms with Gasteiger partial charge in [0.2, 0.25) is 11.8 Å². The number of halogens is 1. The lowest BCUT2D eigenvalue weighted by Gasteiger charge is -2.01. The monoisotopic (exact) mass is 155 g/mol. The SMILES string of the molecule is CCOc1ccc(C)c(F)n1. The predicted octanol–water partition coefficient (Wildman–Crippen LogP) is 1.93. The average molecular weight is 155 g/mol. The number of hydrogen-bond acceptors (Lipinski definition) is 2. The smallest absolute Gasteiger partial charge is 0.219 e. The van der Waals surface area contributed by atoms with E-state index >= 15 is 0 Å². The Morgan fingerprint density at radius 3 is 2.82 bits per heavy atom. The molecule has 0 aliphatic carbocycles. The van der Waals surface area contributed by atoms with Crippen LogP contribution >= 0.6 is 0 Å². The minimum absolute atomic E-state index is 0.343. The van der Waals surface area contributed by atoms with Gasteiger partial charge in [-0.2, -0.15) is 9.37 Å². The molecule has 0 unspecified atom stereocenters. The molecule has 0 saturated heterocycles. The molecule has 0 atom stereocenters.